The first kappa shape index (κ1) is 23.2. The van der Waals surface area contributed by atoms with E-state index in [1.54, 1.807) is 0 Å². The van der Waals surface area contributed by atoms with Gasteiger partial charge in [-0.25, -0.2) is 9.98 Å². The van der Waals surface area contributed by atoms with Crippen LogP contribution in [0.3, 0.4) is 0 Å². The van der Waals surface area contributed by atoms with E-state index >= 15 is 0 Å². The van der Waals surface area contributed by atoms with E-state index < -0.39 is 0 Å². The van der Waals surface area contributed by atoms with Crippen LogP contribution in [0.15, 0.2) is 46.4 Å². The van der Waals surface area contributed by atoms with Gasteiger partial charge in [-0.1, -0.05) is 36.4 Å². The molecule has 2 aromatic carbocycles. The summed E-state index contributed by atoms with van der Waals surface area (Å²) >= 11 is 9.63. The number of thioether (sulfide) groups is 2. The second-order valence-electron chi connectivity index (χ2n) is 6.06. The molecule has 0 atom stereocenters. The van der Waals surface area contributed by atoms with Crippen molar-refractivity contribution in [2.45, 2.75) is 27.7 Å². The maximum absolute atomic E-state index is 4.98. The van der Waals surface area contributed by atoms with Crippen molar-refractivity contribution in [3.05, 3.63) is 58.7 Å². The van der Waals surface area contributed by atoms with Gasteiger partial charge in [0.15, 0.2) is 0 Å². The van der Waals surface area contributed by atoms with Gasteiger partial charge in [0.05, 0.1) is 11.4 Å². The molecule has 1 saturated heterocycles. The van der Waals surface area contributed by atoms with Gasteiger partial charge < -0.3 is 0 Å². The molecule has 27 heavy (non-hydrogen) atoms. The van der Waals surface area contributed by atoms with Gasteiger partial charge in [0.1, 0.15) is 10.1 Å². The van der Waals surface area contributed by atoms with Gasteiger partial charge in [-0.2, -0.15) is 0 Å². The van der Waals surface area contributed by atoms with Crippen molar-refractivity contribution in [2.75, 3.05) is 11.5 Å². The molecule has 0 saturated carbocycles. The molecule has 0 bridgehead atoms. The average molecular weight is 573 g/mol. The number of halogens is 2. The zero-order valence-electron chi connectivity index (χ0n) is 15.7. The summed E-state index contributed by atoms with van der Waals surface area (Å²) in [6, 6.07) is 12.7. The summed E-state index contributed by atoms with van der Waals surface area (Å²) in [5, 5.41) is 2.10. The quantitative estimate of drug-likeness (QED) is 0.342. The van der Waals surface area contributed by atoms with Crippen molar-refractivity contribution in [3.63, 3.8) is 0 Å². The standard InChI is InChI=1S/C20H22N2S2.2BrH.Ni/c1-13-7-5-8-14(2)17(13)21-19-20(24-12-11-23-19)22-18-15(3)9-6-10-16(18)4;;;/h5-10H,11-12H2,1-4H3;2*1H;/q;;;+2/p-2. The zero-order chi connectivity index (χ0) is 19.8. The Hall–Kier alpha value is -0.0665. The normalized spacial score (nSPS) is 17.1. The Balaban J connectivity index is 0.000000817. The Morgan fingerprint density at radius 2 is 1.00 bits per heavy atom. The van der Waals surface area contributed by atoms with Crippen LogP contribution >= 0.6 is 52.0 Å². The summed E-state index contributed by atoms with van der Waals surface area (Å²) < 4.78 is 0. The van der Waals surface area contributed by atoms with E-state index in [4.69, 9.17) is 9.98 Å². The van der Waals surface area contributed by atoms with Crippen LogP contribution in [0.5, 0.6) is 0 Å². The van der Waals surface area contributed by atoms with Gasteiger partial charge in [0.25, 0.3) is 0 Å². The van der Waals surface area contributed by atoms with E-state index in [-0.39, 0.29) is 0 Å². The first-order valence-electron chi connectivity index (χ1n) is 8.36. The Kier molecular flexibility index (Phi) is 10.2. The minimum absolute atomic E-state index is 1.05. The van der Waals surface area contributed by atoms with Gasteiger partial charge in [-0.05, 0) is 49.9 Å². The van der Waals surface area contributed by atoms with Crippen LogP contribution in [0.4, 0.5) is 11.4 Å². The first-order valence-corrected chi connectivity index (χ1v) is 15.2. The SMILES string of the molecule is Cc1cccc(C)c1N=C1SCCSC1=Nc1c(C)cccc1C.[Br][Ni][Br]. The summed E-state index contributed by atoms with van der Waals surface area (Å²) in [5.74, 6) is 2.17. The second-order valence-corrected chi connectivity index (χ2v) is 13.2. The number of aliphatic imine (C=N–C) groups is 2. The third-order valence-electron chi connectivity index (χ3n) is 4.05. The molecule has 3 rings (SSSR count). The number of hydrogen-bond donors (Lipinski definition) is 0. The summed E-state index contributed by atoms with van der Waals surface area (Å²) in [7, 11) is 1.25. The monoisotopic (exact) mass is 570 g/mol. The Morgan fingerprint density at radius 3 is 1.30 bits per heavy atom. The molecule has 7 heteroatoms. The van der Waals surface area contributed by atoms with E-state index in [0.29, 0.717) is 0 Å². The molecule has 0 aliphatic carbocycles. The summed E-state index contributed by atoms with van der Waals surface area (Å²) in [5.41, 5.74) is 7.01. The van der Waals surface area contributed by atoms with Crippen LogP contribution in [0.25, 0.3) is 0 Å². The van der Waals surface area contributed by atoms with Crippen molar-refractivity contribution in [3.8, 4) is 0 Å². The molecule has 1 aliphatic rings. The summed E-state index contributed by atoms with van der Waals surface area (Å²) in [4.78, 5) is 9.96. The predicted octanol–water partition coefficient (Wildman–Crippen LogP) is 7.85. The van der Waals surface area contributed by atoms with Crippen LogP contribution < -0.4 is 0 Å². The average Bonchev–Trinajstić information content (AvgIpc) is 2.63. The predicted molar refractivity (Wildman–Crippen MR) is 129 cm³/mol. The molecule has 0 amide bonds. The third-order valence-corrected chi connectivity index (χ3v) is 6.37. The van der Waals surface area contributed by atoms with Crippen molar-refractivity contribution in [1.82, 2.24) is 0 Å². The van der Waals surface area contributed by atoms with Crippen molar-refractivity contribution < 1.29 is 10.9 Å². The number of benzene rings is 2. The molecule has 1 heterocycles. The van der Waals surface area contributed by atoms with Crippen LogP contribution in [-0.4, -0.2) is 21.6 Å². The van der Waals surface area contributed by atoms with Gasteiger partial charge in [0, 0.05) is 11.5 Å². The maximum atomic E-state index is 4.98. The number of hydrogen-bond acceptors (Lipinski definition) is 4. The zero-order valence-corrected chi connectivity index (χ0v) is 21.5. The van der Waals surface area contributed by atoms with Crippen molar-refractivity contribution >= 4 is 73.4 Å². The minimum atomic E-state index is 1.05. The Morgan fingerprint density at radius 1 is 0.704 bits per heavy atom. The topological polar surface area (TPSA) is 24.7 Å². The number of aryl methyl sites for hydroxylation is 4. The first-order chi connectivity index (χ1) is 13.0. The summed E-state index contributed by atoms with van der Waals surface area (Å²) in [6.45, 7) is 8.48. The number of rotatable bonds is 2. The fraction of sp³-hybridized carbons (Fsp3) is 0.300. The molecule has 0 aromatic heterocycles. The van der Waals surface area contributed by atoms with Crippen LogP contribution in [0, 0.1) is 27.7 Å². The second kappa shape index (κ2) is 11.8. The van der Waals surface area contributed by atoms with Crippen LogP contribution in [-0.2, 0) is 10.9 Å². The van der Waals surface area contributed by atoms with Gasteiger partial charge in [-0.15, -0.1) is 23.5 Å². The van der Waals surface area contributed by atoms with Gasteiger partial charge in [-0.3, -0.25) is 0 Å². The fourth-order valence-corrected chi connectivity index (χ4v) is 4.78. The van der Waals surface area contributed by atoms with E-state index in [0.717, 1.165) is 33.0 Å². The van der Waals surface area contributed by atoms with Crippen LogP contribution in [0.2, 0.25) is 0 Å². The van der Waals surface area contributed by atoms with Crippen LogP contribution in [0.1, 0.15) is 22.3 Å². The molecule has 0 spiro atoms. The molecule has 2 aromatic rings. The molecular weight excluding hydrogens is 551 g/mol. The third kappa shape index (κ3) is 6.74. The number of para-hydroxylation sites is 2. The molecule has 1 aliphatic heterocycles. The van der Waals surface area contributed by atoms with Gasteiger partial charge >= 0.3 is 39.3 Å². The molecule has 2 nitrogen and oxygen atoms in total. The fourth-order valence-electron chi connectivity index (χ4n) is 2.73. The van der Waals surface area contributed by atoms with E-state index in [1.165, 1.54) is 33.2 Å². The number of nitrogens with zero attached hydrogens (tertiary/aromatic N) is 2. The van der Waals surface area contributed by atoms with E-state index in [1.807, 2.05) is 23.5 Å². The molecule has 0 radical (unpaired) electrons. The van der Waals surface area contributed by atoms with Crippen molar-refractivity contribution in [1.29, 1.82) is 0 Å². The van der Waals surface area contributed by atoms with E-state index in [2.05, 4.69) is 92.5 Å². The Labute approximate surface area is 190 Å². The molecular formula is C20H22Br2N2NiS2. The molecule has 0 unspecified atom stereocenters. The molecule has 0 N–H and O–H groups in total. The van der Waals surface area contributed by atoms with Gasteiger partial charge in [0.2, 0.25) is 0 Å². The molecule has 1 fully saturated rings. The summed E-state index contributed by atoms with van der Waals surface area (Å²) in [6.07, 6.45) is 0. The molecule has 148 valence electrons. The van der Waals surface area contributed by atoms with E-state index in [9.17, 15) is 0 Å². The Bertz CT molecular complexity index is 744. The van der Waals surface area contributed by atoms with Crippen molar-refractivity contribution in [2.24, 2.45) is 9.98 Å².